The van der Waals surface area contributed by atoms with Crippen LogP contribution in [0.25, 0.3) is 50.0 Å². The van der Waals surface area contributed by atoms with Gasteiger partial charge < -0.3 is 14.4 Å². The molecule has 0 unspecified atom stereocenters. The maximum Gasteiger partial charge on any atom is 0.102 e. The number of aromatic nitrogens is 4. The van der Waals surface area contributed by atoms with E-state index in [9.17, 15) is 0 Å². The molecule has 0 atom stereocenters. The first-order valence-electron chi connectivity index (χ1n) is 18.9. The molecule has 0 aliphatic carbocycles. The van der Waals surface area contributed by atoms with Crippen molar-refractivity contribution < 1.29 is 29.7 Å². The van der Waals surface area contributed by atoms with Gasteiger partial charge in [0.15, 0.2) is 0 Å². The molecule has 4 aromatic heterocycles. The molecule has 7 rings (SSSR count). The van der Waals surface area contributed by atoms with Crippen LogP contribution in [0.4, 0.5) is 0 Å². The Morgan fingerprint density at radius 3 is 2.34 bits per heavy atom. The van der Waals surface area contributed by atoms with Crippen LogP contribution in [0.2, 0.25) is 0 Å². The second-order valence-corrected chi connectivity index (χ2v) is 13.4. The van der Waals surface area contributed by atoms with Gasteiger partial charge >= 0.3 is 0 Å². The van der Waals surface area contributed by atoms with Crippen LogP contribution in [0.5, 0.6) is 0 Å². The van der Waals surface area contributed by atoms with Crippen LogP contribution >= 0.6 is 0 Å². The molecule has 0 saturated heterocycles. The Labute approximate surface area is 302 Å². The van der Waals surface area contributed by atoms with E-state index in [0.29, 0.717) is 16.8 Å². The summed E-state index contributed by atoms with van der Waals surface area (Å²) in [4.78, 5) is 13.7. The number of aryl methyl sites for hydroxylation is 1. The Kier molecular flexibility index (Phi) is 7.64. The molecule has 0 spiro atoms. The Balaban J connectivity index is 0.000000239. The summed E-state index contributed by atoms with van der Waals surface area (Å²) in [6.07, 6.45) is 1.71. The SMILES string of the molecule is [2H]C([2H])([2H])c1cc(-c2[c-]ccc3ccn4c5ccccc5nc4c23)ncc1C([2H])([2H])C(C)(C)C.[2H]C([2H])(c1ccnc(-c2[c-]cccc2)c1)C(C)(C)C.[Ir]. The Morgan fingerprint density at radius 2 is 1.60 bits per heavy atom. The second-order valence-electron chi connectivity index (χ2n) is 13.4. The van der Waals surface area contributed by atoms with Gasteiger partial charge in [-0.2, -0.15) is 0 Å². The van der Waals surface area contributed by atoms with Crippen molar-refractivity contribution in [3.05, 3.63) is 132 Å². The van der Waals surface area contributed by atoms with Crippen molar-refractivity contribution in [3.8, 4) is 22.5 Å². The predicted molar refractivity (Wildman–Crippen MR) is 192 cm³/mol. The van der Waals surface area contributed by atoms with Crippen molar-refractivity contribution in [3.63, 3.8) is 0 Å². The van der Waals surface area contributed by atoms with Crippen molar-refractivity contribution in [1.82, 2.24) is 19.4 Å². The molecule has 0 fully saturated rings. The van der Waals surface area contributed by atoms with E-state index in [1.165, 1.54) is 12.3 Å². The topological polar surface area (TPSA) is 43.1 Å². The van der Waals surface area contributed by atoms with Crippen molar-refractivity contribution in [2.24, 2.45) is 10.8 Å². The molecule has 47 heavy (non-hydrogen) atoms. The third-order valence-corrected chi connectivity index (χ3v) is 7.19. The molecule has 4 nitrogen and oxygen atoms in total. The first-order chi connectivity index (χ1) is 24.7. The summed E-state index contributed by atoms with van der Waals surface area (Å²) >= 11 is 0. The third-order valence-electron chi connectivity index (χ3n) is 7.19. The van der Waals surface area contributed by atoms with Gasteiger partial charge in [-0.05, 0) is 65.6 Å². The zero-order valence-electron chi connectivity index (χ0n) is 34.4. The molecule has 241 valence electrons. The summed E-state index contributed by atoms with van der Waals surface area (Å²) in [6.45, 7) is 8.46. The minimum Gasteiger partial charge on any atom is -0.307 e. The van der Waals surface area contributed by atoms with Crippen molar-refractivity contribution in [2.75, 3.05) is 0 Å². The molecule has 0 saturated carbocycles. The van der Waals surface area contributed by atoms with E-state index >= 15 is 0 Å². The van der Waals surface area contributed by atoms with Gasteiger partial charge in [0, 0.05) is 48.3 Å². The van der Waals surface area contributed by atoms with Gasteiger partial charge in [-0.15, -0.1) is 59.7 Å². The van der Waals surface area contributed by atoms with Crippen molar-refractivity contribution in [1.29, 1.82) is 0 Å². The van der Waals surface area contributed by atoms with Gasteiger partial charge in [0.2, 0.25) is 0 Å². The normalized spacial score (nSPS) is 14.8. The van der Waals surface area contributed by atoms with Crippen LogP contribution in [0.1, 0.15) is 67.8 Å². The third kappa shape index (κ3) is 8.04. The van der Waals surface area contributed by atoms with E-state index < -0.39 is 30.4 Å². The molecular formula is C42H42IrN4-2. The molecule has 0 bridgehead atoms. The molecule has 0 aliphatic heterocycles. The number of pyridine rings is 3. The average Bonchev–Trinajstić information content (AvgIpc) is 3.50. The summed E-state index contributed by atoms with van der Waals surface area (Å²) in [5.41, 5.74) is 4.67. The summed E-state index contributed by atoms with van der Waals surface area (Å²) in [6, 6.07) is 32.6. The van der Waals surface area contributed by atoms with Crippen molar-refractivity contribution >= 4 is 27.5 Å². The van der Waals surface area contributed by atoms with Gasteiger partial charge in [-0.3, -0.25) is 0 Å². The largest absolute Gasteiger partial charge is 0.307 e. The maximum atomic E-state index is 8.67. The molecule has 5 heteroatoms. The molecule has 7 aromatic rings. The number of fused-ring (bicyclic) bond motifs is 5. The quantitative estimate of drug-likeness (QED) is 0.167. The molecule has 0 amide bonds. The minimum absolute atomic E-state index is 0. The number of imidazole rings is 1. The first kappa shape index (κ1) is 25.9. The average molecular weight is 802 g/mol. The van der Waals surface area contributed by atoms with Crippen molar-refractivity contribution in [2.45, 2.75) is 61.1 Å². The number of nitrogens with zero attached hydrogens (tertiary/aromatic N) is 4. The van der Waals surface area contributed by atoms with Crippen LogP contribution in [-0.2, 0) is 32.9 Å². The van der Waals surface area contributed by atoms with E-state index in [2.05, 4.69) is 22.1 Å². The monoisotopic (exact) mass is 802 g/mol. The number of rotatable bonds is 4. The second kappa shape index (κ2) is 13.9. The van der Waals surface area contributed by atoms with E-state index in [0.717, 1.165) is 38.7 Å². The van der Waals surface area contributed by atoms with E-state index in [4.69, 9.17) is 14.6 Å². The molecule has 4 heterocycles. The molecule has 0 N–H and O–H groups in total. The van der Waals surface area contributed by atoms with E-state index in [-0.39, 0.29) is 31.2 Å². The smallest absolute Gasteiger partial charge is 0.102 e. The fourth-order valence-electron chi connectivity index (χ4n) is 5.36. The Morgan fingerprint density at radius 1 is 0.809 bits per heavy atom. The van der Waals surface area contributed by atoms with Gasteiger partial charge in [0.05, 0.1) is 11.0 Å². The maximum absolute atomic E-state index is 8.67. The molecular weight excluding hydrogens is 753 g/mol. The van der Waals surface area contributed by atoms with Gasteiger partial charge in [-0.1, -0.05) is 93.8 Å². The zero-order chi connectivity index (χ0) is 38.6. The number of benzene rings is 3. The van der Waals surface area contributed by atoms with Crippen LogP contribution in [0, 0.1) is 29.8 Å². The predicted octanol–water partition coefficient (Wildman–Crippen LogP) is 10.5. The summed E-state index contributed by atoms with van der Waals surface area (Å²) in [5, 5.41) is 1.75. The van der Waals surface area contributed by atoms with Gasteiger partial charge in [0.1, 0.15) is 5.65 Å². The zero-order valence-corrected chi connectivity index (χ0v) is 29.8. The first-order valence-corrected chi connectivity index (χ1v) is 15.4. The fourth-order valence-corrected chi connectivity index (χ4v) is 5.36. The molecule has 3 aromatic carbocycles. The standard InChI is InChI=1S/C26H24N3.C16H18N.Ir/c1-17-14-22(27-16-19(17)15-26(2,3)4)20-9-7-8-18-12-13-29-23-11-6-5-10-21(23)28-25(29)24(18)20;1-16(2,3)12-13-9-10-17-15(11-13)14-7-5-4-6-8-14;/h5-8,10-14,16H,15H2,1-4H3;4-7,9-11H,12H2,1-3H3;/q2*-1;/i1D3,15D2;12D2;. The number of hydrogen-bond donors (Lipinski definition) is 0. The Bertz CT molecular complexity index is 2430. The summed E-state index contributed by atoms with van der Waals surface area (Å²) < 4.78 is 60.4. The number of para-hydroxylation sites is 2. The Hall–Kier alpha value is -4.18. The summed E-state index contributed by atoms with van der Waals surface area (Å²) in [5.74, 6) is 0. The summed E-state index contributed by atoms with van der Waals surface area (Å²) in [7, 11) is 0. The number of hydrogen-bond acceptors (Lipinski definition) is 3. The van der Waals surface area contributed by atoms with Crippen LogP contribution in [0.15, 0.2) is 104 Å². The van der Waals surface area contributed by atoms with Gasteiger partial charge in [0.25, 0.3) is 0 Å². The minimum atomic E-state index is -2.51. The van der Waals surface area contributed by atoms with Crippen LogP contribution in [0.3, 0.4) is 0 Å². The van der Waals surface area contributed by atoms with E-state index in [1.807, 2.05) is 98.1 Å². The molecule has 0 aliphatic rings. The van der Waals surface area contributed by atoms with Crippen LogP contribution < -0.4 is 0 Å². The fraction of sp³-hybridized carbons (Fsp3) is 0.262. The molecule has 1 radical (unpaired) electrons. The van der Waals surface area contributed by atoms with Gasteiger partial charge in [-0.25, -0.2) is 4.98 Å². The van der Waals surface area contributed by atoms with E-state index in [1.54, 1.807) is 39.1 Å². The van der Waals surface area contributed by atoms with Crippen LogP contribution in [-0.4, -0.2) is 19.4 Å².